The van der Waals surface area contributed by atoms with Crippen LogP contribution in [-0.2, 0) is 4.79 Å². The Morgan fingerprint density at radius 2 is 2.33 bits per heavy atom. The van der Waals surface area contributed by atoms with Crippen LogP contribution in [0.25, 0.3) is 0 Å². The Kier molecular flexibility index (Phi) is 6.53. The van der Waals surface area contributed by atoms with Gasteiger partial charge in [0.25, 0.3) is 0 Å². The van der Waals surface area contributed by atoms with Crippen molar-refractivity contribution in [3.05, 3.63) is 12.2 Å². The molecule has 1 saturated heterocycles. The van der Waals surface area contributed by atoms with E-state index in [1.807, 2.05) is 13.0 Å². The number of nitrogens with one attached hydrogen (secondary N) is 1. The molecule has 0 radical (unpaired) electrons. The Morgan fingerprint density at radius 1 is 1.56 bits per heavy atom. The lowest BCUT2D eigenvalue weighted by atomic mass is 10.00. The van der Waals surface area contributed by atoms with Gasteiger partial charge in [-0.1, -0.05) is 26.0 Å². The quantitative estimate of drug-likeness (QED) is 0.578. The molecular formula is C15H23NO2. The summed E-state index contributed by atoms with van der Waals surface area (Å²) in [6.07, 6.45) is 7.31. The van der Waals surface area contributed by atoms with Gasteiger partial charge in [-0.25, -0.2) is 0 Å². The van der Waals surface area contributed by atoms with E-state index < -0.39 is 6.10 Å². The van der Waals surface area contributed by atoms with Gasteiger partial charge in [-0.15, -0.1) is 11.8 Å². The molecule has 0 aliphatic carbocycles. The number of unbranched alkanes of at least 4 members (excludes halogenated alkanes) is 1. The lowest BCUT2D eigenvalue weighted by Gasteiger charge is -2.13. The SMILES string of the molecule is CCCC#CCC(C)[C@H](O)/C=C/[C@H]1CCC(=O)N1. The normalized spacial score (nSPS) is 22.4. The predicted octanol–water partition coefficient (Wildman–Crippen LogP) is 2.01. The number of hydrogen-bond acceptors (Lipinski definition) is 2. The second kappa shape index (κ2) is 7.94. The molecule has 2 N–H and O–H groups in total. The average molecular weight is 249 g/mol. The fourth-order valence-corrected chi connectivity index (χ4v) is 1.79. The highest BCUT2D eigenvalue weighted by Crippen LogP contribution is 2.12. The van der Waals surface area contributed by atoms with Crippen molar-refractivity contribution in [1.29, 1.82) is 0 Å². The Labute approximate surface area is 110 Å². The van der Waals surface area contributed by atoms with E-state index in [-0.39, 0.29) is 17.9 Å². The second-order valence-electron chi connectivity index (χ2n) is 4.87. The van der Waals surface area contributed by atoms with Crippen LogP contribution in [0.2, 0.25) is 0 Å². The number of hydrogen-bond donors (Lipinski definition) is 2. The van der Waals surface area contributed by atoms with Crippen LogP contribution in [0.3, 0.4) is 0 Å². The molecule has 0 saturated carbocycles. The van der Waals surface area contributed by atoms with Crippen molar-refractivity contribution >= 4 is 5.91 Å². The fraction of sp³-hybridized carbons (Fsp3) is 0.667. The molecule has 1 fully saturated rings. The van der Waals surface area contributed by atoms with E-state index in [1.165, 1.54) is 0 Å². The second-order valence-corrected chi connectivity index (χ2v) is 4.87. The van der Waals surface area contributed by atoms with Gasteiger partial charge in [-0.05, 0) is 18.8 Å². The first kappa shape index (κ1) is 14.8. The van der Waals surface area contributed by atoms with Crippen LogP contribution in [0, 0.1) is 17.8 Å². The smallest absolute Gasteiger partial charge is 0.220 e. The van der Waals surface area contributed by atoms with E-state index in [0.717, 1.165) is 19.3 Å². The molecule has 18 heavy (non-hydrogen) atoms. The zero-order chi connectivity index (χ0) is 13.4. The first-order chi connectivity index (χ1) is 8.63. The molecule has 1 unspecified atom stereocenters. The van der Waals surface area contributed by atoms with Gasteiger partial charge in [-0.3, -0.25) is 4.79 Å². The molecule has 0 bridgehead atoms. The van der Waals surface area contributed by atoms with Crippen molar-refractivity contribution in [1.82, 2.24) is 5.32 Å². The van der Waals surface area contributed by atoms with E-state index >= 15 is 0 Å². The van der Waals surface area contributed by atoms with Crippen molar-refractivity contribution in [2.75, 3.05) is 0 Å². The summed E-state index contributed by atoms with van der Waals surface area (Å²) in [5, 5.41) is 12.8. The number of carbonyl (C=O) groups excluding carboxylic acids is 1. The van der Waals surface area contributed by atoms with Gasteiger partial charge >= 0.3 is 0 Å². The molecule has 1 heterocycles. The summed E-state index contributed by atoms with van der Waals surface area (Å²) in [6.45, 7) is 4.09. The van der Waals surface area contributed by atoms with Gasteiger partial charge in [0, 0.05) is 25.3 Å². The van der Waals surface area contributed by atoms with Crippen LogP contribution in [0.5, 0.6) is 0 Å². The summed E-state index contributed by atoms with van der Waals surface area (Å²) in [6, 6.07) is 0.0884. The van der Waals surface area contributed by atoms with Crippen molar-refractivity contribution in [3.8, 4) is 11.8 Å². The van der Waals surface area contributed by atoms with Crippen molar-refractivity contribution < 1.29 is 9.90 Å². The average Bonchev–Trinajstić information content (AvgIpc) is 2.77. The molecule has 3 nitrogen and oxygen atoms in total. The number of amides is 1. The van der Waals surface area contributed by atoms with E-state index in [0.29, 0.717) is 12.8 Å². The van der Waals surface area contributed by atoms with Crippen LogP contribution in [-0.4, -0.2) is 23.2 Å². The monoisotopic (exact) mass is 249 g/mol. The van der Waals surface area contributed by atoms with Gasteiger partial charge in [0.05, 0.1) is 6.10 Å². The summed E-state index contributed by atoms with van der Waals surface area (Å²) in [5.41, 5.74) is 0. The molecule has 3 heteroatoms. The largest absolute Gasteiger partial charge is 0.389 e. The maximum Gasteiger partial charge on any atom is 0.220 e. The molecule has 1 aliphatic heterocycles. The predicted molar refractivity (Wildman–Crippen MR) is 72.8 cm³/mol. The van der Waals surface area contributed by atoms with Crippen molar-refractivity contribution in [2.24, 2.45) is 5.92 Å². The number of rotatable bonds is 5. The minimum absolute atomic E-state index is 0.0884. The summed E-state index contributed by atoms with van der Waals surface area (Å²) in [7, 11) is 0. The Hall–Kier alpha value is -1.27. The third kappa shape index (κ3) is 5.37. The van der Waals surface area contributed by atoms with Crippen LogP contribution < -0.4 is 5.32 Å². The molecule has 1 amide bonds. The fourth-order valence-electron chi connectivity index (χ4n) is 1.79. The number of carbonyl (C=O) groups is 1. The van der Waals surface area contributed by atoms with Gasteiger partial charge in [0.2, 0.25) is 5.91 Å². The maximum atomic E-state index is 11.0. The summed E-state index contributed by atoms with van der Waals surface area (Å²) < 4.78 is 0. The summed E-state index contributed by atoms with van der Waals surface area (Å²) >= 11 is 0. The van der Waals surface area contributed by atoms with Gasteiger partial charge < -0.3 is 10.4 Å². The molecule has 1 aliphatic rings. The third-order valence-electron chi connectivity index (χ3n) is 3.08. The zero-order valence-electron chi connectivity index (χ0n) is 11.3. The summed E-state index contributed by atoms with van der Waals surface area (Å²) in [5.74, 6) is 6.39. The topological polar surface area (TPSA) is 49.3 Å². The highest BCUT2D eigenvalue weighted by molar-refractivity contribution is 5.78. The molecule has 0 aromatic carbocycles. The van der Waals surface area contributed by atoms with Gasteiger partial charge in [0.15, 0.2) is 0 Å². The molecule has 0 spiro atoms. The van der Waals surface area contributed by atoms with Crippen LogP contribution in [0.1, 0.15) is 46.0 Å². The van der Waals surface area contributed by atoms with Crippen LogP contribution >= 0.6 is 0 Å². The van der Waals surface area contributed by atoms with Crippen LogP contribution in [0.15, 0.2) is 12.2 Å². The minimum atomic E-state index is -0.488. The molecule has 100 valence electrons. The highest BCUT2D eigenvalue weighted by atomic mass is 16.3. The molecule has 3 atom stereocenters. The molecular weight excluding hydrogens is 226 g/mol. The molecule has 0 aromatic heterocycles. The van der Waals surface area contributed by atoms with E-state index in [1.54, 1.807) is 6.08 Å². The molecule has 1 rings (SSSR count). The lowest BCUT2D eigenvalue weighted by molar-refractivity contribution is -0.119. The maximum absolute atomic E-state index is 11.0. The minimum Gasteiger partial charge on any atom is -0.389 e. The van der Waals surface area contributed by atoms with Crippen LogP contribution in [0.4, 0.5) is 0 Å². The first-order valence-corrected chi connectivity index (χ1v) is 6.75. The summed E-state index contributed by atoms with van der Waals surface area (Å²) in [4.78, 5) is 11.0. The number of aliphatic hydroxyl groups is 1. The van der Waals surface area contributed by atoms with E-state index in [4.69, 9.17) is 0 Å². The Bertz CT molecular complexity index is 351. The Balaban J connectivity index is 2.31. The van der Waals surface area contributed by atoms with Crippen molar-refractivity contribution in [3.63, 3.8) is 0 Å². The lowest BCUT2D eigenvalue weighted by Crippen LogP contribution is -2.24. The van der Waals surface area contributed by atoms with Crippen molar-refractivity contribution in [2.45, 2.75) is 58.1 Å². The standard InChI is InChI=1S/C15H23NO2/c1-3-4-5-6-7-12(2)14(17)10-8-13-9-11-15(18)16-13/h8,10,12-14,17H,3-4,7,9,11H2,1-2H3,(H,16,18)/b10-8+/t12?,13-,14+/m0/s1. The van der Waals surface area contributed by atoms with Gasteiger partial charge in [0.1, 0.15) is 0 Å². The third-order valence-corrected chi connectivity index (χ3v) is 3.08. The highest BCUT2D eigenvalue weighted by Gasteiger charge is 2.18. The number of aliphatic hydroxyl groups excluding tert-OH is 1. The molecule has 0 aromatic rings. The first-order valence-electron chi connectivity index (χ1n) is 6.75. The van der Waals surface area contributed by atoms with E-state index in [2.05, 4.69) is 24.1 Å². The van der Waals surface area contributed by atoms with Gasteiger partial charge in [-0.2, -0.15) is 0 Å². The zero-order valence-corrected chi connectivity index (χ0v) is 11.3. The van der Waals surface area contributed by atoms with E-state index in [9.17, 15) is 9.90 Å². The Morgan fingerprint density at radius 3 is 2.94 bits per heavy atom.